The van der Waals surface area contributed by atoms with E-state index >= 15 is 0 Å². The summed E-state index contributed by atoms with van der Waals surface area (Å²) in [5, 5.41) is 0. The number of rotatable bonds is 6. The molecule has 1 aromatic rings. The fourth-order valence-electron chi connectivity index (χ4n) is 2.04. The van der Waals surface area contributed by atoms with Gasteiger partial charge >= 0.3 is 0 Å². The molecule has 1 aliphatic rings. The van der Waals surface area contributed by atoms with Gasteiger partial charge in [-0.3, -0.25) is 4.79 Å². The first-order chi connectivity index (χ1) is 8.79. The summed E-state index contributed by atoms with van der Waals surface area (Å²) in [7, 11) is 0. The van der Waals surface area contributed by atoms with Gasteiger partial charge in [0.2, 0.25) is 0 Å². The summed E-state index contributed by atoms with van der Waals surface area (Å²) in [6.07, 6.45) is 2.03. The van der Waals surface area contributed by atoms with Crippen LogP contribution in [-0.2, 0) is 15.9 Å². The molecular weight excluding hydrogens is 228 g/mol. The van der Waals surface area contributed by atoms with E-state index in [0.29, 0.717) is 12.5 Å². The lowest BCUT2D eigenvalue weighted by molar-refractivity contribution is 0.0652. The number of benzene rings is 1. The molecule has 3 nitrogen and oxygen atoms in total. The van der Waals surface area contributed by atoms with E-state index in [1.807, 2.05) is 24.3 Å². The van der Waals surface area contributed by atoms with Crippen molar-refractivity contribution < 1.29 is 14.3 Å². The maximum absolute atomic E-state index is 11.9. The molecule has 1 atom stereocenters. The molecule has 2 rings (SSSR count). The number of ether oxygens (including phenoxy) is 2. The maximum Gasteiger partial charge on any atom is 0.188 e. The summed E-state index contributed by atoms with van der Waals surface area (Å²) in [6.45, 7) is 4.48. The summed E-state index contributed by atoms with van der Waals surface area (Å²) < 4.78 is 10.7. The van der Waals surface area contributed by atoms with E-state index in [-0.39, 0.29) is 12.4 Å². The van der Waals surface area contributed by atoms with Crippen LogP contribution in [0.25, 0.3) is 0 Å². The zero-order valence-corrected chi connectivity index (χ0v) is 10.9. The molecule has 18 heavy (non-hydrogen) atoms. The predicted octanol–water partition coefficient (Wildman–Crippen LogP) is 2.48. The van der Waals surface area contributed by atoms with Crippen LogP contribution in [0.4, 0.5) is 0 Å². The molecule has 1 heterocycles. The molecular formula is C15H20O3. The smallest absolute Gasteiger partial charge is 0.188 e. The molecule has 1 fully saturated rings. The number of hydrogen-bond acceptors (Lipinski definition) is 3. The lowest BCUT2D eigenvalue weighted by Crippen LogP contribution is -2.15. The van der Waals surface area contributed by atoms with Crippen molar-refractivity contribution in [2.75, 3.05) is 26.4 Å². The largest absolute Gasteiger partial charge is 0.381 e. The normalized spacial score (nSPS) is 19.1. The Morgan fingerprint density at radius 2 is 2.17 bits per heavy atom. The average Bonchev–Trinajstić information content (AvgIpc) is 2.92. The summed E-state index contributed by atoms with van der Waals surface area (Å²) in [5.41, 5.74) is 1.98. The highest BCUT2D eigenvalue weighted by Gasteiger charge is 2.16. The molecule has 0 spiro atoms. The molecule has 98 valence electrons. The molecule has 0 aromatic heterocycles. The summed E-state index contributed by atoms with van der Waals surface area (Å²) in [4.78, 5) is 11.9. The Labute approximate surface area is 108 Å². The van der Waals surface area contributed by atoms with E-state index in [1.165, 1.54) is 5.56 Å². The van der Waals surface area contributed by atoms with E-state index in [2.05, 4.69) is 6.92 Å². The SMILES string of the molecule is CCc1ccc(C(=O)COCC2CCOC2)cc1. The molecule has 1 aromatic carbocycles. The monoisotopic (exact) mass is 248 g/mol. The fourth-order valence-corrected chi connectivity index (χ4v) is 2.04. The summed E-state index contributed by atoms with van der Waals surface area (Å²) in [6, 6.07) is 7.75. The Kier molecular flexibility index (Phi) is 4.90. The van der Waals surface area contributed by atoms with Crippen molar-refractivity contribution >= 4 is 5.78 Å². The second-order valence-corrected chi connectivity index (χ2v) is 4.72. The molecule has 3 heteroatoms. The van der Waals surface area contributed by atoms with Crippen LogP contribution in [0.5, 0.6) is 0 Å². The van der Waals surface area contributed by atoms with Crippen molar-refractivity contribution in [1.82, 2.24) is 0 Å². The highest BCUT2D eigenvalue weighted by Crippen LogP contribution is 2.12. The summed E-state index contributed by atoms with van der Waals surface area (Å²) in [5.74, 6) is 0.511. The van der Waals surface area contributed by atoms with Crippen molar-refractivity contribution in [1.29, 1.82) is 0 Å². The Morgan fingerprint density at radius 1 is 1.39 bits per heavy atom. The first-order valence-electron chi connectivity index (χ1n) is 6.57. The van der Waals surface area contributed by atoms with Crippen LogP contribution < -0.4 is 0 Å². The third-order valence-corrected chi connectivity index (χ3v) is 3.29. The number of Topliss-reactive ketones (excluding diaryl/α,β-unsaturated/α-hetero) is 1. The highest BCUT2D eigenvalue weighted by atomic mass is 16.5. The molecule has 0 saturated carbocycles. The van der Waals surface area contributed by atoms with Crippen LogP contribution >= 0.6 is 0 Å². The van der Waals surface area contributed by atoms with Crippen LogP contribution in [0.2, 0.25) is 0 Å². The van der Waals surface area contributed by atoms with Crippen molar-refractivity contribution in [3.63, 3.8) is 0 Å². The molecule has 0 amide bonds. The standard InChI is InChI=1S/C15H20O3/c1-2-12-3-5-14(6-4-12)15(16)11-18-10-13-7-8-17-9-13/h3-6,13H,2,7-11H2,1H3. The van der Waals surface area contributed by atoms with Gasteiger partial charge in [0.05, 0.1) is 13.2 Å². The minimum atomic E-state index is 0.0524. The van der Waals surface area contributed by atoms with Gasteiger partial charge in [-0.05, 0) is 18.4 Å². The molecule has 0 aliphatic carbocycles. The number of hydrogen-bond donors (Lipinski definition) is 0. The van der Waals surface area contributed by atoms with Crippen molar-refractivity contribution in [3.05, 3.63) is 35.4 Å². The maximum atomic E-state index is 11.9. The third-order valence-electron chi connectivity index (χ3n) is 3.29. The van der Waals surface area contributed by atoms with Gasteiger partial charge in [0, 0.05) is 18.1 Å². The van der Waals surface area contributed by atoms with Gasteiger partial charge in [-0.25, -0.2) is 0 Å². The van der Waals surface area contributed by atoms with Gasteiger partial charge < -0.3 is 9.47 Å². The number of aryl methyl sites for hydroxylation is 1. The zero-order chi connectivity index (χ0) is 12.8. The number of carbonyl (C=O) groups excluding carboxylic acids is 1. The van der Waals surface area contributed by atoms with Gasteiger partial charge in [0.25, 0.3) is 0 Å². The third kappa shape index (κ3) is 3.65. The zero-order valence-electron chi connectivity index (χ0n) is 10.9. The Morgan fingerprint density at radius 3 is 2.78 bits per heavy atom. The molecule has 0 radical (unpaired) electrons. The molecule has 1 unspecified atom stereocenters. The molecule has 0 bridgehead atoms. The van der Waals surface area contributed by atoms with Gasteiger partial charge in [0.15, 0.2) is 5.78 Å². The first kappa shape index (κ1) is 13.2. The first-order valence-corrected chi connectivity index (χ1v) is 6.57. The lowest BCUT2D eigenvalue weighted by atomic mass is 10.1. The van der Waals surface area contributed by atoms with Gasteiger partial charge in [-0.1, -0.05) is 31.2 Å². The minimum absolute atomic E-state index is 0.0524. The van der Waals surface area contributed by atoms with Gasteiger partial charge in [-0.2, -0.15) is 0 Å². The van der Waals surface area contributed by atoms with E-state index in [9.17, 15) is 4.79 Å². The summed E-state index contributed by atoms with van der Waals surface area (Å²) >= 11 is 0. The molecule has 1 aliphatic heterocycles. The fraction of sp³-hybridized carbons (Fsp3) is 0.533. The lowest BCUT2D eigenvalue weighted by Gasteiger charge is -2.08. The average molecular weight is 248 g/mol. The topological polar surface area (TPSA) is 35.5 Å². The van der Waals surface area contributed by atoms with Crippen LogP contribution in [0.15, 0.2) is 24.3 Å². The van der Waals surface area contributed by atoms with Crippen LogP contribution in [-0.4, -0.2) is 32.2 Å². The number of ketones is 1. The van der Waals surface area contributed by atoms with Crippen molar-refractivity contribution in [3.8, 4) is 0 Å². The number of carbonyl (C=O) groups is 1. The highest BCUT2D eigenvalue weighted by molar-refractivity contribution is 5.97. The second kappa shape index (κ2) is 6.66. The van der Waals surface area contributed by atoms with E-state index in [0.717, 1.165) is 31.6 Å². The Bertz CT molecular complexity index is 377. The van der Waals surface area contributed by atoms with E-state index in [4.69, 9.17) is 9.47 Å². The minimum Gasteiger partial charge on any atom is -0.381 e. The van der Waals surface area contributed by atoms with Crippen LogP contribution in [0, 0.1) is 5.92 Å². The Hall–Kier alpha value is -1.19. The van der Waals surface area contributed by atoms with Gasteiger partial charge in [0.1, 0.15) is 6.61 Å². The van der Waals surface area contributed by atoms with Crippen molar-refractivity contribution in [2.45, 2.75) is 19.8 Å². The van der Waals surface area contributed by atoms with Gasteiger partial charge in [-0.15, -0.1) is 0 Å². The van der Waals surface area contributed by atoms with Crippen LogP contribution in [0.1, 0.15) is 29.3 Å². The van der Waals surface area contributed by atoms with Crippen LogP contribution in [0.3, 0.4) is 0 Å². The van der Waals surface area contributed by atoms with E-state index in [1.54, 1.807) is 0 Å². The van der Waals surface area contributed by atoms with E-state index < -0.39 is 0 Å². The Balaban J connectivity index is 1.76. The molecule has 0 N–H and O–H groups in total. The second-order valence-electron chi connectivity index (χ2n) is 4.72. The quantitative estimate of drug-likeness (QED) is 0.726. The van der Waals surface area contributed by atoms with Crippen molar-refractivity contribution in [2.24, 2.45) is 5.92 Å². The molecule has 1 saturated heterocycles. The predicted molar refractivity (Wildman–Crippen MR) is 69.9 cm³/mol.